The number of rotatable bonds is 8. The summed E-state index contributed by atoms with van der Waals surface area (Å²) >= 11 is 0. The SMILES string of the molecule is CCN(CC(O)COCc1ccco1)c1ccc(F)c(F)c1. The molecule has 1 aromatic heterocycles. The highest BCUT2D eigenvalue weighted by molar-refractivity contribution is 5.46. The predicted molar refractivity (Wildman–Crippen MR) is 78.6 cm³/mol. The molecule has 0 radical (unpaired) electrons. The molecule has 1 unspecified atom stereocenters. The molecular formula is C16H19F2NO3. The topological polar surface area (TPSA) is 45.8 Å². The van der Waals surface area contributed by atoms with Crippen LogP contribution in [0.4, 0.5) is 14.5 Å². The third-order valence-corrected chi connectivity index (χ3v) is 3.22. The van der Waals surface area contributed by atoms with Crippen molar-refractivity contribution in [2.24, 2.45) is 0 Å². The minimum atomic E-state index is -0.903. The zero-order valence-corrected chi connectivity index (χ0v) is 12.3. The molecule has 2 aromatic rings. The maximum Gasteiger partial charge on any atom is 0.160 e. The quantitative estimate of drug-likeness (QED) is 0.814. The van der Waals surface area contributed by atoms with Crippen LogP contribution in [0.15, 0.2) is 41.0 Å². The first kappa shape index (κ1) is 16.5. The molecular weight excluding hydrogens is 292 g/mol. The average Bonchev–Trinajstić information content (AvgIpc) is 3.01. The number of aliphatic hydroxyl groups is 1. The molecule has 1 aromatic carbocycles. The van der Waals surface area contributed by atoms with Crippen molar-refractivity contribution in [2.75, 3.05) is 24.6 Å². The number of halogens is 2. The molecule has 0 aliphatic carbocycles. The Morgan fingerprint density at radius 3 is 2.73 bits per heavy atom. The predicted octanol–water partition coefficient (Wildman–Crippen LogP) is 2.96. The lowest BCUT2D eigenvalue weighted by atomic mass is 10.2. The van der Waals surface area contributed by atoms with Crippen LogP contribution in [0.3, 0.4) is 0 Å². The molecule has 0 bridgehead atoms. The Morgan fingerprint density at radius 2 is 2.09 bits per heavy atom. The van der Waals surface area contributed by atoms with Gasteiger partial charge in [-0.3, -0.25) is 0 Å². The molecule has 0 amide bonds. The molecule has 4 nitrogen and oxygen atoms in total. The molecule has 6 heteroatoms. The number of nitrogens with zero attached hydrogens (tertiary/aromatic N) is 1. The van der Waals surface area contributed by atoms with Crippen LogP contribution < -0.4 is 4.90 Å². The summed E-state index contributed by atoms with van der Waals surface area (Å²) < 4.78 is 36.7. The lowest BCUT2D eigenvalue weighted by Crippen LogP contribution is -2.35. The van der Waals surface area contributed by atoms with E-state index in [4.69, 9.17) is 9.15 Å². The Kier molecular flexibility index (Phi) is 5.91. The minimum absolute atomic E-state index is 0.126. The number of aliphatic hydroxyl groups excluding tert-OH is 1. The molecule has 0 fully saturated rings. The molecule has 0 aliphatic rings. The van der Waals surface area contributed by atoms with E-state index in [-0.39, 0.29) is 19.8 Å². The van der Waals surface area contributed by atoms with E-state index < -0.39 is 17.7 Å². The number of furan rings is 1. The number of likely N-dealkylation sites (N-methyl/N-ethyl adjacent to an activating group) is 1. The molecule has 0 spiro atoms. The van der Waals surface area contributed by atoms with Crippen molar-refractivity contribution in [2.45, 2.75) is 19.6 Å². The van der Waals surface area contributed by atoms with Crippen molar-refractivity contribution >= 4 is 5.69 Å². The number of benzene rings is 1. The highest BCUT2D eigenvalue weighted by atomic mass is 19.2. The normalized spacial score (nSPS) is 12.4. The van der Waals surface area contributed by atoms with Crippen LogP contribution >= 0.6 is 0 Å². The molecule has 1 N–H and O–H groups in total. The van der Waals surface area contributed by atoms with E-state index in [1.807, 2.05) is 6.92 Å². The van der Waals surface area contributed by atoms with Gasteiger partial charge in [-0.1, -0.05) is 0 Å². The lowest BCUT2D eigenvalue weighted by molar-refractivity contribution is 0.0256. The first-order chi connectivity index (χ1) is 10.6. The van der Waals surface area contributed by atoms with Crippen LogP contribution in [0.2, 0.25) is 0 Å². The Hall–Kier alpha value is -1.92. The maximum absolute atomic E-state index is 13.3. The van der Waals surface area contributed by atoms with Gasteiger partial charge in [0.25, 0.3) is 0 Å². The Morgan fingerprint density at radius 1 is 1.27 bits per heavy atom. The van der Waals surface area contributed by atoms with E-state index in [9.17, 15) is 13.9 Å². The summed E-state index contributed by atoms with van der Waals surface area (Å²) in [6, 6.07) is 7.23. The number of ether oxygens (including phenoxy) is 1. The number of hydrogen-bond acceptors (Lipinski definition) is 4. The van der Waals surface area contributed by atoms with E-state index >= 15 is 0 Å². The molecule has 2 rings (SSSR count). The third-order valence-electron chi connectivity index (χ3n) is 3.22. The number of anilines is 1. The number of hydrogen-bond donors (Lipinski definition) is 1. The zero-order valence-electron chi connectivity index (χ0n) is 12.3. The van der Waals surface area contributed by atoms with Gasteiger partial charge >= 0.3 is 0 Å². The van der Waals surface area contributed by atoms with Crippen LogP contribution in [-0.4, -0.2) is 30.9 Å². The summed E-state index contributed by atoms with van der Waals surface area (Å²) in [7, 11) is 0. The second kappa shape index (κ2) is 7.91. The fourth-order valence-electron chi connectivity index (χ4n) is 2.10. The third kappa shape index (κ3) is 4.54. The van der Waals surface area contributed by atoms with Crippen molar-refractivity contribution in [1.29, 1.82) is 0 Å². The molecule has 0 saturated heterocycles. The lowest BCUT2D eigenvalue weighted by Gasteiger charge is -2.26. The second-order valence-electron chi connectivity index (χ2n) is 4.89. The summed E-state index contributed by atoms with van der Waals surface area (Å²) in [6.45, 7) is 3.10. The molecule has 0 saturated carbocycles. The van der Waals surface area contributed by atoms with Gasteiger partial charge in [0.2, 0.25) is 0 Å². The van der Waals surface area contributed by atoms with E-state index in [1.54, 1.807) is 23.3 Å². The fourth-order valence-corrected chi connectivity index (χ4v) is 2.10. The largest absolute Gasteiger partial charge is 0.467 e. The van der Waals surface area contributed by atoms with Gasteiger partial charge in [0.05, 0.1) is 19.0 Å². The Balaban J connectivity index is 1.84. The van der Waals surface area contributed by atoms with E-state index in [0.717, 1.165) is 12.1 Å². The monoisotopic (exact) mass is 311 g/mol. The van der Waals surface area contributed by atoms with E-state index in [1.165, 1.54) is 6.07 Å². The fraction of sp³-hybridized carbons (Fsp3) is 0.375. The maximum atomic E-state index is 13.3. The van der Waals surface area contributed by atoms with Gasteiger partial charge in [-0.25, -0.2) is 8.78 Å². The molecule has 120 valence electrons. The smallest absolute Gasteiger partial charge is 0.160 e. The minimum Gasteiger partial charge on any atom is -0.467 e. The van der Waals surface area contributed by atoms with E-state index in [0.29, 0.717) is 18.0 Å². The van der Waals surface area contributed by atoms with Crippen LogP contribution in [0.5, 0.6) is 0 Å². The van der Waals surface area contributed by atoms with Crippen molar-refractivity contribution in [3.8, 4) is 0 Å². The van der Waals surface area contributed by atoms with Crippen LogP contribution in [0, 0.1) is 11.6 Å². The first-order valence-corrected chi connectivity index (χ1v) is 7.08. The van der Waals surface area contributed by atoms with Crippen molar-refractivity contribution in [3.63, 3.8) is 0 Å². The molecule has 22 heavy (non-hydrogen) atoms. The van der Waals surface area contributed by atoms with E-state index in [2.05, 4.69) is 0 Å². The second-order valence-corrected chi connectivity index (χ2v) is 4.89. The van der Waals surface area contributed by atoms with Gasteiger partial charge in [-0.2, -0.15) is 0 Å². The standard InChI is InChI=1S/C16H19F2NO3/c1-2-19(12-5-6-15(17)16(18)8-12)9-13(20)10-21-11-14-4-3-7-22-14/h3-8,13,20H,2,9-11H2,1H3. The summed E-state index contributed by atoms with van der Waals surface area (Å²) in [5.41, 5.74) is 0.520. The summed E-state index contributed by atoms with van der Waals surface area (Å²) in [5, 5.41) is 10.00. The van der Waals surface area contributed by atoms with Gasteiger partial charge < -0.3 is 19.2 Å². The summed E-state index contributed by atoms with van der Waals surface area (Å²) in [5.74, 6) is -1.11. The van der Waals surface area contributed by atoms with Gasteiger partial charge in [-0.05, 0) is 31.2 Å². The molecule has 1 heterocycles. The Labute approximate surface area is 127 Å². The molecule has 1 atom stereocenters. The highest BCUT2D eigenvalue weighted by Gasteiger charge is 2.13. The molecule has 0 aliphatic heterocycles. The summed E-state index contributed by atoms with van der Waals surface area (Å²) in [6.07, 6.45) is 0.805. The van der Waals surface area contributed by atoms with Crippen molar-refractivity contribution in [3.05, 3.63) is 54.0 Å². The highest BCUT2D eigenvalue weighted by Crippen LogP contribution is 2.18. The van der Waals surface area contributed by atoms with Gasteiger partial charge in [0.15, 0.2) is 11.6 Å². The van der Waals surface area contributed by atoms with Crippen molar-refractivity contribution < 1.29 is 23.0 Å². The van der Waals surface area contributed by atoms with Gasteiger partial charge in [-0.15, -0.1) is 0 Å². The first-order valence-electron chi connectivity index (χ1n) is 7.08. The van der Waals surface area contributed by atoms with Gasteiger partial charge in [0.1, 0.15) is 12.4 Å². The van der Waals surface area contributed by atoms with Crippen LogP contribution in [-0.2, 0) is 11.3 Å². The Bertz CT molecular complexity index is 575. The summed E-state index contributed by atoms with van der Waals surface area (Å²) in [4.78, 5) is 1.75. The van der Waals surface area contributed by atoms with Crippen LogP contribution in [0.1, 0.15) is 12.7 Å². The zero-order chi connectivity index (χ0) is 15.9. The van der Waals surface area contributed by atoms with Crippen LogP contribution in [0.25, 0.3) is 0 Å². The average molecular weight is 311 g/mol. The van der Waals surface area contributed by atoms with Gasteiger partial charge in [0, 0.05) is 24.8 Å². The van der Waals surface area contributed by atoms with Crippen molar-refractivity contribution in [1.82, 2.24) is 0 Å².